The third-order valence-electron chi connectivity index (χ3n) is 3.20. The largest absolute Gasteiger partial charge is 0.355 e. The van der Waals surface area contributed by atoms with Crippen molar-refractivity contribution in [1.82, 2.24) is 0 Å². The predicted molar refractivity (Wildman–Crippen MR) is 74.5 cm³/mol. The molecular formula is C16H15N. The maximum absolute atomic E-state index is 3.52. The molecule has 1 nitrogen and oxygen atoms in total. The molecule has 84 valence electrons. The van der Waals surface area contributed by atoms with Crippen molar-refractivity contribution >= 4 is 23.5 Å². The molecule has 3 rings (SSSR count). The fraction of sp³-hybridized carbons (Fsp3) is 0.125. The average molecular weight is 221 g/mol. The molecule has 0 atom stereocenters. The Morgan fingerprint density at radius 1 is 0.882 bits per heavy atom. The summed E-state index contributed by atoms with van der Waals surface area (Å²) in [6.07, 6.45) is 5.41. The summed E-state index contributed by atoms with van der Waals surface area (Å²) in [5.74, 6) is 0. The molecule has 1 aliphatic heterocycles. The Hall–Kier alpha value is -2.02. The SMILES string of the molecule is CCc1ccc2c(c1)Nc1ccccc1C=C2. The first-order valence-electron chi connectivity index (χ1n) is 6.04. The minimum atomic E-state index is 1.07. The first-order chi connectivity index (χ1) is 8.36. The molecule has 1 heteroatoms. The van der Waals surface area contributed by atoms with Crippen LogP contribution in [0.3, 0.4) is 0 Å². The molecule has 0 unspecified atom stereocenters. The Bertz CT molecular complexity index is 582. The van der Waals surface area contributed by atoms with Crippen LogP contribution < -0.4 is 5.32 Å². The van der Waals surface area contributed by atoms with E-state index in [1.165, 1.54) is 28.1 Å². The van der Waals surface area contributed by atoms with Gasteiger partial charge in [0.25, 0.3) is 0 Å². The molecule has 1 heterocycles. The van der Waals surface area contributed by atoms with E-state index in [0.29, 0.717) is 0 Å². The second-order valence-electron chi connectivity index (χ2n) is 4.32. The molecule has 0 aliphatic carbocycles. The van der Waals surface area contributed by atoms with Gasteiger partial charge in [-0.25, -0.2) is 0 Å². The van der Waals surface area contributed by atoms with Crippen LogP contribution in [0.2, 0.25) is 0 Å². The molecular weight excluding hydrogens is 206 g/mol. The van der Waals surface area contributed by atoms with Crippen LogP contribution in [0.4, 0.5) is 11.4 Å². The smallest absolute Gasteiger partial charge is 0.0460 e. The van der Waals surface area contributed by atoms with Crippen LogP contribution in [-0.2, 0) is 6.42 Å². The molecule has 0 saturated carbocycles. The van der Waals surface area contributed by atoms with E-state index in [1.807, 2.05) is 0 Å². The van der Waals surface area contributed by atoms with Crippen molar-refractivity contribution in [2.24, 2.45) is 0 Å². The third kappa shape index (κ3) is 1.84. The standard InChI is InChI=1S/C16H15N/c1-2-12-7-8-14-10-9-13-5-3-4-6-15(13)17-16(14)11-12/h3-11,17H,2H2,1H3. The van der Waals surface area contributed by atoms with Crippen LogP contribution in [0.25, 0.3) is 12.2 Å². The molecule has 1 aliphatic rings. The Morgan fingerprint density at radius 2 is 1.65 bits per heavy atom. The fourth-order valence-electron chi connectivity index (χ4n) is 2.16. The van der Waals surface area contributed by atoms with Gasteiger partial charge in [0, 0.05) is 11.4 Å². The maximum Gasteiger partial charge on any atom is 0.0460 e. The summed E-state index contributed by atoms with van der Waals surface area (Å²) < 4.78 is 0. The van der Waals surface area contributed by atoms with Gasteiger partial charge in [0.1, 0.15) is 0 Å². The molecule has 0 aromatic heterocycles. The second-order valence-corrected chi connectivity index (χ2v) is 4.32. The Balaban J connectivity index is 2.12. The normalized spacial score (nSPS) is 12.3. The van der Waals surface area contributed by atoms with Gasteiger partial charge < -0.3 is 5.32 Å². The van der Waals surface area contributed by atoms with Gasteiger partial charge in [-0.15, -0.1) is 0 Å². The van der Waals surface area contributed by atoms with Crippen LogP contribution in [0.5, 0.6) is 0 Å². The molecule has 0 fully saturated rings. The number of nitrogens with one attached hydrogen (secondary N) is 1. The number of fused-ring (bicyclic) bond motifs is 2. The Kier molecular flexibility index (Phi) is 2.45. The molecule has 2 aromatic rings. The molecule has 0 spiro atoms. The summed E-state index contributed by atoms with van der Waals surface area (Å²) in [5.41, 5.74) is 6.23. The van der Waals surface area contributed by atoms with Crippen LogP contribution in [0.15, 0.2) is 42.5 Å². The van der Waals surface area contributed by atoms with Gasteiger partial charge in [-0.1, -0.05) is 49.4 Å². The highest BCUT2D eigenvalue weighted by molar-refractivity contribution is 5.87. The minimum absolute atomic E-state index is 1.07. The van der Waals surface area contributed by atoms with E-state index in [4.69, 9.17) is 0 Å². The van der Waals surface area contributed by atoms with Crippen molar-refractivity contribution in [3.8, 4) is 0 Å². The van der Waals surface area contributed by atoms with E-state index in [2.05, 4.69) is 66.9 Å². The van der Waals surface area contributed by atoms with Gasteiger partial charge in [0.2, 0.25) is 0 Å². The van der Waals surface area contributed by atoms with Gasteiger partial charge in [0.15, 0.2) is 0 Å². The van der Waals surface area contributed by atoms with Crippen molar-refractivity contribution in [2.45, 2.75) is 13.3 Å². The van der Waals surface area contributed by atoms with Crippen molar-refractivity contribution < 1.29 is 0 Å². The number of benzene rings is 2. The zero-order valence-corrected chi connectivity index (χ0v) is 9.90. The van der Waals surface area contributed by atoms with Crippen LogP contribution >= 0.6 is 0 Å². The van der Waals surface area contributed by atoms with Crippen LogP contribution in [-0.4, -0.2) is 0 Å². The highest BCUT2D eigenvalue weighted by Crippen LogP contribution is 2.30. The van der Waals surface area contributed by atoms with Crippen LogP contribution in [0, 0.1) is 0 Å². The maximum atomic E-state index is 3.52. The molecule has 0 radical (unpaired) electrons. The van der Waals surface area contributed by atoms with E-state index in [9.17, 15) is 0 Å². The van der Waals surface area contributed by atoms with E-state index in [1.54, 1.807) is 0 Å². The molecule has 0 saturated heterocycles. The summed E-state index contributed by atoms with van der Waals surface area (Å²) in [4.78, 5) is 0. The number of hydrogen-bond acceptors (Lipinski definition) is 1. The topological polar surface area (TPSA) is 12.0 Å². The fourth-order valence-corrected chi connectivity index (χ4v) is 2.16. The Labute approximate surface area is 102 Å². The molecule has 0 amide bonds. The Morgan fingerprint density at radius 3 is 2.47 bits per heavy atom. The second kappa shape index (κ2) is 4.10. The average Bonchev–Trinajstić information content (AvgIpc) is 2.56. The van der Waals surface area contributed by atoms with Crippen molar-refractivity contribution in [3.05, 3.63) is 59.2 Å². The van der Waals surface area contributed by atoms with E-state index >= 15 is 0 Å². The van der Waals surface area contributed by atoms with E-state index in [0.717, 1.165) is 6.42 Å². The van der Waals surface area contributed by atoms with Crippen LogP contribution in [0.1, 0.15) is 23.6 Å². The monoisotopic (exact) mass is 221 g/mol. The highest BCUT2D eigenvalue weighted by atomic mass is 14.9. The molecule has 2 aromatic carbocycles. The number of hydrogen-bond donors (Lipinski definition) is 1. The lowest BCUT2D eigenvalue weighted by atomic mass is 10.1. The predicted octanol–water partition coefficient (Wildman–Crippen LogP) is 4.48. The number of para-hydroxylation sites is 1. The summed E-state index contributed by atoms with van der Waals surface area (Å²) >= 11 is 0. The molecule has 0 bridgehead atoms. The summed E-state index contributed by atoms with van der Waals surface area (Å²) in [7, 11) is 0. The summed E-state index contributed by atoms with van der Waals surface area (Å²) in [5, 5.41) is 3.52. The summed E-state index contributed by atoms with van der Waals surface area (Å²) in [6.45, 7) is 2.18. The highest BCUT2D eigenvalue weighted by Gasteiger charge is 2.07. The van der Waals surface area contributed by atoms with E-state index in [-0.39, 0.29) is 0 Å². The summed E-state index contributed by atoms with van der Waals surface area (Å²) in [6, 6.07) is 15.0. The number of aryl methyl sites for hydroxylation is 1. The van der Waals surface area contributed by atoms with Gasteiger partial charge >= 0.3 is 0 Å². The first kappa shape index (κ1) is 10.2. The van der Waals surface area contributed by atoms with Gasteiger partial charge in [0.05, 0.1) is 0 Å². The molecule has 1 N–H and O–H groups in total. The third-order valence-corrected chi connectivity index (χ3v) is 3.20. The van der Waals surface area contributed by atoms with E-state index < -0.39 is 0 Å². The molecule has 17 heavy (non-hydrogen) atoms. The van der Waals surface area contributed by atoms with Gasteiger partial charge in [-0.2, -0.15) is 0 Å². The van der Waals surface area contributed by atoms with Crippen molar-refractivity contribution in [2.75, 3.05) is 5.32 Å². The zero-order chi connectivity index (χ0) is 11.7. The number of rotatable bonds is 1. The first-order valence-corrected chi connectivity index (χ1v) is 6.04. The number of anilines is 2. The van der Waals surface area contributed by atoms with Gasteiger partial charge in [-0.3, -0.25) is 0 Å². The lowest BCUT2D eigenvalue weighted by Crippen LogP contribution is -1.94. The lowest BCUT2D eigenvalue weighted by Gasteiger charge is -2.10. The van der Waals surface area contributed by atoms with Gasteiger partial charge in [-0.05, 0) is 35.2 Å². The lowest BCUT2D eigenvalue weighted by molar-refractivity contribution is 1.14. The van der Waals surface area contributed by atoms with Crippen molar-refractivity contribution in [3.63, 3.8) is 0 Å². The zero-order valence-electron chi connectivity index (χ0n) is 9.90. The van der Waals surface area contributed by atoms with Crippen molar-refractivity contribution in [1.29, 1.82) is 0 Å². The minimum Gasteiger partial charge on any atom is -0.355 e. The quantitative estimate of drug-likeness (QED) is 0.639.